The summed E-state index contributed by atoms with van der Waals surface area (Å²) in [6.07, 6.45) is 0. The highest BCUT2D eigenvalue weighted by molar-refractivity contribution is 5.77. The van der Waals surface area contributed by atoms with Gasteiger partial charge in [-0.25, -0.2) is 9.78 Å². The quantitative estimate of drug-likeness (QED) is 0.420. The number of aromatic nitrogens is 4. The summed E-state index contributed by atoms with van der Waals surface area (Å²) in [5.74, 6) is 1.08. The van der Waals surface area contributed by atoms with Crippen molar-refractivity contribution in [3.63, 3.8) is 0 Å². The molecule has 0 spiro atoms. The van der Waals surface area contributed by atoms with Crippen LogP contribution in [0.3, 0.4) is 0 Å². The van der Waals surface area contributed by atoms with Crippen LogP contribution in [0.4, 0.5) is 0 Å². The number of likely N-dealkylation sites (N-methyl/N-ethyl adjacent to an activating group) is 1. The molecule has 33 heavy (non-hydrogen) atoms. The van der Waals surface area contributed by atoms with E-state index < -0.39 is 0 Å². The van der Waals surface area contributed by atoms with Crippen molar-refractivity contribution in [3.05, 3.63) is 94.7 Å². The van der Waals surface area contributed by atoms with Crippen LogP contribution in [0.2, 0.25) is 0 Å². The molecule has 5 rings (SSSR count). The Hall–Kier alpha value is -3.84. The molecule has 2 heterocycles. The van der Waals surface area contributed by atoms with Gasteiger partial charge in [0.15, 0.2) is 0 Å². The van der Waals surface area contributed by atoms with Gasteiger partial charge >= 0.3 is 5.69 Å². The zero-order chi connectivity index (χ0) is 22.9. The molecular weight excluding hydrogens is 414 g/mol. The van der Waals surface area contributed by atoms with E-state index in [1.54, 1.807) is 16.7 Å². The maximum Gasteiger partial charge on any atom is 0.329 e. The molecule has 5 aromatic rings. The van der Waals surface area contributed by atoms with Gasteiger partial charge in [-0.05, 0) is 56.1 Å². The molecule has 0 fully saturated rings. The van der Waals surface area contributed by atoms with Gasteiger partial charge in [-0.3, -0.25) is 9.13 Å². The number of nitrogens with zero attached hydrogens (tertiary/aromatic N) is 5. The normalized spacial score (nSPS) is 11.7. The summed E-state index contributed by atoms with van der Waals surface area (Å²) in [6, 6.07) is 23.0. The van der Waals surface area contributed by atoms with Crippen LogP contribution in [-0.4, -0.2) is 49.3 Å². The number of hydrogen-bond donors (Lipinski definition) is 1. The fraction of sp³-hybridized carbons (Fsp3) is 0.231. The van der Waals surface area contributed by atoms with Crippen molar-refractivity contribution in [3.8, 4) is 5.75 Å². The number of rotatable bonds is 7. The van der Waals surface area contributed by atoms with E-state index in [2.05, 4.69) is 29.6 Å². The summed E-state index contributed by atoms with van der Waals surface area (Å²) in [6.45, 7) is 2.50. The summed E-state index contributed by atoms with van der Waals surface area (Å²) >= 11 is 0. The van der Waals surface area contributed by atoms with Gasteiger partial charge in [0, 0.05) is 13.1 Å². The maximum absolute atomic E-state index is 13.6. The van der Waals surface area contributed by atoms with E-state index in [0.717, 1.165) is 46.5 Å². The minimum atomic E-state index is -0.0736. The van der Waals surface area contributed by atoms with Crippen LogP contribution in [0.15, 0.2) is 77.6 Å². The Balaban J connectivity index is 1.59. The summed E-state index contributed by atoms with van der Waals surface area (Å²) < 4.78 is 5.81. The summed E-state index contributed by atoms with van der Waals surface area (Å²) in [5.41, 5.74) is 4.66. The van der Waals surface area contributed by atoms with Gasteiger partial charge in [0.05, 0.1) is 35.2 Å². The van der Waals surface area contributed by atoms with Crippen LogP contribution in [0.5, 0.6) is 5.75 Å². The molecule has 3 aromatic carbocycles. The van der Waals surface area contributed by atoms with Gasteiger partial charge in [0.1, 0.15) is 11.6 Å². The molecule has 0 atom stereocenters. The Labute approximate surface area is 191 Å². The first-order valence-corrected chi connectivity index (χ1v) is 11.1. The van der Waals surface area contributed by atoms with Crippen LogP contribution in [-0.2, 0) is 19.6 Å². The van der Waals surface area contributed by atoms with Crippen molar-refractivity contribution in [2.45, 2.75) is 19.6 Å². The lowest BCUT2D eigenvalue weighted by molar-refractivity contribution is 0.382. The third-order valence-electron chi connectivity index (χ3n) is 6.01. The van der Waals surface area contributed by atoms with Gasteiger partial charge in [0.25, 0.3) is 0 Å². The lowest BCUT2D eigenvalue weighted by Gasteiger charge is -2.13. The topological polar surface area (TPSA) is 68.2 Å². The standard InChI is InChI=1S/C26H27N5O2/c1-28(2)15-16-29-22-8-4-3-7-21(22)27-25(29)18-31-24-10-6-5-9-23(24)30(26(31)33)17-19-11-13-20(32)14-12-19/h3-14,32H,15-18H2,1-2H3. The first-order valence-electron chi connectivity index (χ1n) is 11.1. The zero-order valence-corrected chi connectivity index (χ0v) is 18.8. The average molecular weight is 442 g/mol. The van der Waals surface area contributed by atoms with Crippen molar-refractivity contribution >= 4 is 22.1 Å². The van der Waals surface area contributed by atoms with Crippen LogP contribution in [0.1, 0.15) is 11.4 Å². The predicted octanol–water partition coefficient (Wildman–Crippen LogP) is 3.52. The highest BCUT2D eigenvalue weighted by atomic mass is 16.3. The Kier molecular flexibility index (Phi) is 5.48. The van der Waals surface area contributed by atoms with Crippen molar-refractivity contribution < 1.29 is 5.11 Å². The lowest BCUT2D eigenvalue weighted by Crippen LogP contribution is -2.27. The van der Waals surface area contributed by atoms with Crippen molar-refractivity contribution in [2.75, 3.05) is 20.6 Å². The van der Waals surface area contributed by atoms with Gasteiger partial charge < -0.3 is 14.6 Å². The average Bonchev–Trinajstić information content (AvgIpc) is 3.29. The Morgan fingerprint density at radius 2 is 1.39 bits per heavy atom. The number of phenols is 1. The summed E-state index contributed by atoms with van der Waals surface area (Å²) in [5, 5.41) is 9.60. The molecule has 1 N–H and O–H groups in total. The molecule has 0 aliphatic rings. The van der Waals surface area contributed by atoms with Gasteiger partial charge in [-0.15, -0.1) is 0 Å². The third-order valence-corrected chi connectivity index (χ3v) is 6.01. The second-order valence-corrected chi connectivity index (χ2v) is 8.58. The Morgan fingerprint density at radius 1 is 0.788 bits per heavy atom. The monoisotopic (exact) mass is 441 g/mol. The predicted molar refractivity (Wildman–Crippen MR) is 131 cm³/mol. The molecule has 7 nitrogen and oxygen atoms in total. The zero-order valence-electron chi connectivity index (χ0n) is 18.8. The second-order valence-electron chi connectivity index (χ2n) is 8.58. The molecule has 0 amide bonds. The van der Waals surface area contributed by atoms with Crippen molar-refractivity contribution in [2.24, 2.45) is 0 Å². The Morgan fingerprint density at radius 3 is 2.06 bits per heavy atom. The van der Waals surface area contributed by atoms with Crippen LogP contribution in [0.25, 0.3) is 22.1 Å². The molecule has 2 aromatic heterocycles. The van der Waals surface area contributed by atoms with Crippen LogP contribution >= 0.6 is 0 Å². The molecule has 0 unspecified atom stereocenters. The number of fused-ring (bicyclic) bond motifs is 2. The van der Waals surface area contributed by atoms with Crippen LogP contribution < -0.4 is 5.69 Å². The molecule has 0 saturated carbocycles. The number of imidazole rings is 2. The number of phenolic OH excluding ortho intramolecular Hbond substituents is 1. The van der Waals surface area contributed by atoms with E-state index in [-0.39, 0.29) is 11.4 Å². The minimum absolute atomic E-state index is 0.0736. The number of para-hydroxylation sites is 4. The second kappa shape index (κ2) is 8.60. The van der Waals surface area contributed by atoms with E-state index in [4.69, 9.17) is 4.98 Å². The first-order chi connectivity index (χ1) is 16.0. The highest BCUT2D eigenvalue weighted by Gasteiger charge is 2.17. The minimum Gasteiger partial charge on any atom is -0.508 e. The van der Waals surface area contributed by atoms with E-state index in [1.165, 1.54) is 0 Å². The van der Waals surface area contributed by atoms with Gasteiger partial charge in [-0.1, -0.05) is 36.4 Å². The summed E-state index contributed by atoms with van der Waals surface area (Å²) in [4.78, 5) is 20.6. The smallest absolute Gasteiger partial charge is 0.329 e. The van der Waals surface area contributed by atoms with Gasteiger partial charge in [0.2, 0.25) is 0 Å². The molecular formula is C26H27N5O2. The molecule has 168 valence electrons. The molecule has 0 saturated heterocycles. The largest absolute Gasteiger partial charge is 0.508 e. The Bertz CT molecular complexity index is 1470. The molecule has 0 aliphatic carbocycles. The van der Waals surface area contributed by atoms with E-state index in [0.29, 0.717) is 13.1 Å². The fourth-order valence-corrected chi connectivity index (χ4v) is 4.30. The first kappa shape index (κ1) is 21.0. The van der Waals surface area contributed by atoms with E-state index in [1.807, 2.05) is 59.2 Å². The lowest BCUT2D eigenvalue weighted by atomic mass is 10.2. The van der Waals surface area contributed by atoms with Crippen molar-refractivity contribution in [1.82, 2.24) is 23.6 Å². The van der Waals surface area contributed by atoms with E-state index in [9.17, 15) is 9.90 Å². The fourth-order valence-electron chi connectivity index (χ4n) is 4.30. The van der Waals surface area contributed by atoms with Gasteiger partial charge in [-0.2, -0.15) is 0 Å². The maximum atomic E-state index is 13.6. The molecule has 7 heteroatoms. The number of hydrogen-bond acceptors (Lipinski definition) is 4. The molecule has 0 aliphatic heterocycles. The number of benzene rings is 3. The molecule has 0 radical (unpaired) electrons. The SMILES string of the molecule is CN(C)CCn1c(Cn2c(=O)n(Cc3ccc(O)cc3)c3ccccc32)nc2ccccc21. The third kappa shape index (κ3) is 4.03. The highest BCUT2D eigenvalue weighted by Crippen LogP contribution is 2.20. The van der Waals surface area contributed by atoms with Crippen molar-refractivity contribution in [1.29, 1.82) is 0 Å². The summed E-state index contributed by atoms with van der Waals surface area (Å²) in [7, 11) is 4.11. The number of aromatic hydroxyl groups is 1. The van der Waals surface area contributed by atoms with Crippen LogP contribution in [0, 0.1) is 0 Å². The van der Waals surface area contributed by atoms with E-state index >= 15 is 0 Å². The molecule has 0 bridgehead atoms.